The molecule has 6 heteroatoms. The highest BCUT2D eigenvalue weighted by Crippen LogP contribution is 2.33. The first-order chi connectivity index (χ1) is 11.1. The Bertz CT molecular complexity index is 736. The molecular formula is C17H19FN4O. The van der Waals surface area contributed by atoms with Gasteiger partial charge < -0.3 is 5.11 Å². The summed E-state index contributed by atoms with van der Waals surface area (Å²) < 4.78 is 15.8. The molecule has 1 aliphatic heterocycles. The van der Waals surface area contributed by atoms with E-state index >= 15 is 0 Å². The number of benzene rings is 1. The summed E-state index contributed by atoms with van der Waals surface area (Å²) in [5.41, 5.74) is 2.01. The van der Waals surface area contributed by atoms with E-state index in [1.807, 2.05) is 25.5 Å². The number of nitriles is 1. The van der Waals surface area contributed by atoms with Crippen LogP contribution in [0, 0.1) is 23.1 Å². The molecule has 1 N–H and O–H groups in total. The Morgan fingerprint density at radius 1 is 1.43 bits per heavy atom. The second-order valence-corrected chi connectivity index (χ2v) is 6.11. The van der Waals surface area contributed by atoms with Gasteiger partial charge in [-0.05, 0) is 17.7 Å². The quantitative estimate of drug-likeness (QED) is 0.932. The van der Waals surface area contributed by atoms with Gasteiger partial charge in [0.25, 0.3) is 0 Å². The van der Waals surface area contributed by atoms with Gasteiger partial charge in [-0.1, -0.05) is 6.07 Å². The summed E-state index contributed by atoms with van der Waals surface area (Å²) in [6.45, 7) is 2.06. The summed E-state index contributed by atoms with van der Waals surface area (Å²) in [6.07, 6.45) is 3.80. The number of hydrogen-bond acceptors (Lipinski definition) is 4. The number of hydrogen-bond donors (Lipinski definition) is 1. The fourth-order valence-corrected chi connectivity index (χ4v) is 3.27. The Hall–Kier alpha value is -2.23. The summed E-state index contributed by atoms with van der Waals surface area (Å²) >= 11 is 0. The zero-order valence-electron chi connectivity index (χ0n) is 13.0. The lowest BCUT2D eigenvalue weighted by atomic mass is 9.92. The molecule has 1 saturated heterocycles. The highest BCUT2D eigenvalue weighted by molar-refractivity contribution is 5.33. The lowest BCUT2D eigenvalue weighted by Crippen LogP contribution is -2.21. The Kier molecular flexibility index (Phi) is 4.42. The SMILES string of the molecule is Cn1cc([C@@H]2CN(Cc3ccc(C#N)cc3F)C[C@H]2CO)cn1. The highest BCUT2D eigenvalue weighted by atomic mass is 19.1. The van der Waals surface area contributed by atoms with Gasteiger partial charge in [0.05, 0.1) is 17.8 Å². The van der Waals surface area contributed by atoms with Crippen molar-refractivity contribution in [3.63, 3.8) is 0 Å². The number of aliphatic hydroxyl groups excluding tert-OH is 1. The monoisotopic (exact) mass is 314 g/mol. The van der Waals surface area contributed by atoms with Gasteiger partial charge in [0.2, 0.25) is 0 Å². The third-order valence-corrected chi connectivity index (χ3v) is 4.48. The van der Waals surface area contributed by atoms with Crippen molar-refractivity contribution in [3.8, 4) is 6.07 Å². The maximum atomic E-state index is 14.1. The van der Waals surface area contributed by atoms with Crippen LogP contribution in [0.25, 0.3) is 0 Å². The number of aryl methyl sites for hydroxylation is 1. The first-order valence-corrected chi connectivity index (χ1v) is 7.61. The molecule has 0 bridgehead atoms. The van der Waals surface area contributed by atoms with Crippen LogP contribution in [-0.4, -0.2) is 39.5 Å². The molecule has 0 spiro atoms. The van der Waals surface area contributed by atoms with E-state index in [4.69, 9.17) is 5.26 Å². The van der Waals surface area contributed by atoms with E-state index in [9.17, 15) is 9.50 Å². The van der Waals surface area contributed by atoms with E-state index in [1.54, 1.807) is 16.8 Å². The van der Waals surface area contributed by atoms with Gasteiger partial charge >= 0.3 is 0 Å². The van der Waals surface area contributed by atoms with Gasteiger partial charge in [-0.2, -0.15) is 10.4 Å². The molecule has 0 radical (unpaired) electrons. The van der Waals surface area contributed by atoms with Crippen LogP contribution in [0.1, 0.15) is 22.6 Å². The van der Waals surface area contributed by atoms with Crippen molar-refractivity contribution in [2.45, 2.75) is 12.5 Å². The first kappa shape index (κ1) is 15.7. The molecule has 23 heavy (non-hydrogen) atoms. The summed E-state index contributed by atoms with van der Waals surface area (Å²) in [7, 11) is 1.87. The zero-order chi connectivity index (χ0) is 16.4. The minimum absolute atomic E-state index is 0.103. The molecule has 1 aliphatic rings. The number of nitrogens with zero attached hydrogens (tertiary/aromatic N) is 4. The minimum atomic E-state index is -0.352. The lowest BCUT2D eigenvalue weighted by Gasteiger charge is -2.16. The van der Waals surface area contributed by atoms with Crippen molar-refractivity contribution in [2.75, 3.05) is 19.7 Å². The van der Waals surface area contributed by atoms with Crippen molar-refractivity contribution >= 4 is 0 Å². The molecule has 3 rings (SSSR count). The van der Waals surface area contributed by atoms with Crippen LogP contribution in [0.2, 0.25) is 0 Å². The number of rotatable bonds is 4. The van der Waals surface area contributed by atoms with Crippen LogP contribution in [0.5, 0.6) is 0 Å². The van der Waals surface area contributed by atoms with Crippen LogP contribution in [0.15, 0.2) is 30.6 Å². The normalized spacial score (nSPS) is 21.5. The molecule has 0 saturated carbocycles. The molecular weight excluding hydrogens is 295 g/mol. The number of aromatic nitrogens is 2. The van der Waals surface area contributed by atoms with Gasteiger partial charge in [0, 0.05) is 56.9 Å². The van der Waals surface area contributed by atoms with E-state index in [-0.39, 0.29) is 24.3 Å². The topological polar surface area (TPSA) is 65.1 Å². The molecule has 2 aromatic rings. The Labute approximate surface area is 134 Å². The van der Waals surface area contributed by atoms with Crippen molar-refractivity contribution in [1.82, 2.24) is 14.7 Å². The van der Waals surface area contributed by atoms with Gasteiger partial charge in [0.15, 0.2) is 0 Å². The van der Waals surface area contributed by atoms with E-state index < -0.39 is 0 Å². The largest absolute Gasteiger partial charge is 0.396 e. The van der Waals surface area contributed by atoms with E-state index in [1.165, 1.54) is 6.07 Å². The van der Waals surface area contributed by atoms with Crippen LogP contribution in [0.3, 0.4) is 0 Å². The maximum Gasteiger partial charge on any atom is 0.129 e. The molecule has 5 nitrogen and oxygen atoms in total. The van der Waals surface area contributed by atoms with Gasteiger partial charge in [0.1, 0.15) is 5.82 Å². The summed E-state index contributed by atoms with van der Waals surface area (Å²) in [6, 6.07) is 6.51. The predicted molar refractivity (Wildman–Crippen MR) is 82.9 cm³/mol. The summed E-state index contributed by atoms with van der Waals surface area (Å²) in [5, 5.41) is 22.6. The molecule has 0 unspecified atom stereocenters. The van der Waals surface area contributed by atoms with Gasteiger partial charge in [-0.3, -0.25) is 9.58 Å². The van der Waals surface area contributed by atoms with Gasteiger partial charge in [-0.15, -0.1) is 0 Å². The fourth-order valence-electron chi connectivity index (χ4n) is 3.27. The first-order valence-electron chi connectivity index (χ1n) is 7.61. The summed E-state index contributed by atoms with van der Waals surface area (Å²) in [4.78, 5) is 2.14. The van der Waals surface area contributed by atoms with E-state index in [0.29, 0.717) is 17.7 Å². The Morgan fingerprint density at radius 3 is 2.87 bits per heavy atom. The lowest BCUT2D eigenvalue weighted by molar-refractivity contribution is 0.213. The zero-order valence-corrected chi connectivity index (χ0v) is 13.0. The Balaban J connectivity index is 1.74. The molecule has 1 aromatic heterocycles. The van der Waals surface area contributed by atoms with Crippen molar-refractivity contribution in [3.05, 3.63) is 53.1 Å². The van der Waals surface area contributed by atoms with Crippen molar-refractivity contribution in [2.24, 2.45) is 13.0 Å². The van der Waals surface area contributed by atoms with E-state index in [0.717, 1.165) is 18.7 Å². The van der Waals surface area contributed by atoms with Crippen LogP contribution in [-0.2, 0) is 13.6 Å². The van der Waals surface area contributed by atoms with Crippen LogP contribution in [0.4, 0.5) is 4.39 Å². The number of halogens is 1. The maximum absolute atomic E-state index is 14.1. The number of aliphatic hydroxyl groups is 1. The average molecular weight is 314 g/mol. The smallest absolute Gasteiger partial charge is 0.129 e. The molecule has 2 heterocycles. The second-order valence-electron chi connectivity index (χ2n) is 6.11. The third kappa shape index (κ3) is 3.26. The second kappa shape index (κ2) is 6.49. The molecule has 1 fully saturated rings. The van der Waals surface area contributed by atoms with Crippen molar-refractivity contribution in [1.29, 1.82) is 5.26 Å². The predicted octanol–water partition coefficient (Wildman–Crippen LogP) is 1.64. The van der Waals surface area contributed by atoms with Crippen LogP contribution < -0.4 is 0 Å². The Morgan fingerprint density at radius 2 is 2.26 bits per heavy atom. The van der Waals surface area contributed by atoms with E-state index in [2.05, 4.69) is 10.00 Å². The molecule has 1 aromatic carbocycles. The van der Waals surface area contributed by atoms with Crippen LogP contribution >= 0.6 is 0 Å². The molecule has 0 amide bonds. The number of likely N-dealkylation sites (tertiary alicyclic amines) is 1. The molecule has 120 valence electrons. The minimum Gasteiger partial charge on any atom is -0.396 e. The fraction of sp³-hybridized carbons (Fsp3) is 0.412. The molecule has 0 aliphatic carbocycles. The van der Waals surface area contributed by atoms with Gasteiger partial charge in [-0.25, -0.2) is 4.39 Å². The third-order valence-electron chi connectivity index (χ3n) is 4.48. The average Bonchev–Trinajstić information content (AvgIpc) is 3.15. The standard InChI is InChI=1S/C17H19FN4O/c1-21-7-14(6-20-21)16-10-22(9-15(16)11-23)8-13-3-2-12(5-19)4-17(13)18/h2-4,6-7,15-16,23H,8-11H2,1H3/t15-,16-/m0/s1. The molecule has 2 atom stereocenters. The summed E-state index contributed by atoms with van der Waals surface area (Å²) in [5.74, 6) is -0.0230. The highest BCUT2D eigenvalue weighted by Gasteiger charge is 2.34. The van der Waals surface area contributed by atoms with Crippen molar-refractivity contribution < 1.29 is 9.50 Å².